The molecular weight excluding hydrogens is 270 g/mol. The molecule has 0 aromatic carbocycles. The molecule has 3 rings (SSSR count). The van der Waals surface area contributed by atoms with Gasteiger partial charge >= 0.3 is 0 Å². The molecule has 21 heavy (non-hydrogen) atoms. The highest BCUT2D eigenvalue weighted by Crippen LogP contribution is 2.12. The minimum absolute atomic E-state index is 0.132. The van der Waals surface area contributed by atoms with E-state index in [-0.39, 0.29) is 11.6 Å². The molecule has 8 nitrogen and oxygen atoms in total. The molecule has 0 fully saturated rings. The van der Waals surface area contributed by atoms with E-state index < -0.39 is 0 Å². The fourth-order valence-electron chi connectivity index (χ4n) is 2.02. The van der Waals surface area contributed by atoms with Crippen LogP contribution in [0, 0.1) is 0 Å². The van der Waals surface area contributed by atoms with Crippen molar-refractivity contribution in [1.82, 2.24) is 34.5 Å². The summed E-state index contributed by atoms with van der Waals surface area (Å²) < 4.78 is 3.36. The second-order valence-corrected chi connectivity index (χ2v) is 4.95. The van der Waals surface area contributed by atoms with Crippen LogP contribution >= 0.6 is 0 Å². The average Bonchev–Trinajstić information content (AvgIpc) is 3.02. The van der Waals surface area contributed by atoms with E-state index in [1.165, 1.54) is 12.5 Å². The zero-order valence-electron chi connectivity index (χ0n) is 12.0. The van der Waals surface area contributed by atoms with Gasteiger partial charge in [0, 0.05) is 13.1 Å². The number of rotatable bonds is 3. The predicted octanol–water partition coefficient (Wildman–Crippen LogP) is 0.999. The number of hydrogen-bond acceptors (Lipinski definition) is 5. The van der Waals surface area contributed by atoms with Crippen molar-refractivity contribution < 1.29 is 0 Å². The van der Waals surface area contributed by atoms with Gasteiger partial charge in [0.15, 0.2) is 11.5 Å². The first-order valence-electron chi connectivity index (χ1n) is 6.56. The summed E-state index contributed by atoms with van der Waals surface area (Å²) in [6.45, 7) is 3.98. The van der Waals surface area contributed by atoms with Crippen LogP contribution in [0.3, 0.4) is 0 Å². The maximum absolute atomic E-state index is 12.0. The van der Waals surface area contributed by atoms with Crippen LogP contribution in [0.1, 0.15) is 31.5 Å². The largest absolute Gasteiger partial charge is 0.306 e. The van der Waals surface area contributed by atoms with Gasteiger partial charge in [0.2, 0.25) is 0 Å². The van der Waals surface area contributed by atoms with E-state index in [0.29, 0.717) is 22.7 Å². The molecule has 8 heteroatoms. The Morgan fingerprint density at radius 2 is 2.10 bits per heavy atom. The van der Waals surface area contributed by atoms with Gasteiger partial charge in [-0.2, -0.15) is 10.2 Å². The van der Waals surface area contributed by atoms with Crippen LogP contribution in [-0.4, -0.2) is 34.5 Å². The summed E-state index contributed by atoms with van der Waals surface area (Å²) in [5.74, 6) is 1.13. The van der Waals surface area contributed by atoms with Gasteiger partial charge in [-0.05, 0) is 26.0 Å². The lowest BCUT2D eigenvalue weighted by atomic mass is 10.3. The fourth-order valence-corrected chi connectivity index (χ4v) is 2.02. The molecule has 108 valence electrons. The summed E-state index contributed by atoms with van der Waals surface area (Å²) in [6.07, 6.45) is 6.44. The van der Waals surface area contributed by atoms with Gasteiger partial charge in [0.25, 0.3) is 5.56 Å². The van der Waals surface area contributed by atoms with Crippen molar-refractivity contribution in [3.8, 4) is 0 Å². The molecule has 1 N–H and O–H groups in total. The predicted molar refractivity (Wildman–Crippen MR) is 78.5 cm³/mol. The lowest BCUT2D eigenvalue weighted by Crippen LogP contribution is -2.11. The molecule has 0 aliphatic rings. The monoisotopic (exact) mass is 285 g/mol. The maximum atomic E-state index is 12.0. The Morgan fingerprint density at radius 1 is 1.29 bits per heavy atom. The van der Waals surface area contributed by atoms with Crippen LogP contribution < -0.4 is 5.56 Å². The van der Waals surface area contributed by atoms with E-state index in [4.69, 9.17) is 0 Å². The third kappa shape index (κ3) is 2.35. The van der Waals surface area contributed by atoms with Crippen LogP contribution in [0.2, 0.25) is 0 Å². The van der Waals surface area contributed by atoms with Crippen LogP contribution in [0.15, 0.2) is 17.3 Å². The molecule has 0 saturated carbocycles. The summed E-state index contributed by atoms with van der Waals surface area (Å²) >= 11 is 0. The fraction of sp³-hybridized carbons (Fsp3) is 0.308. The summed E-state index contributed by atoms with van der Waals surface area (Å²) in [7, 11) is 1.79. The number of aromatic amines is 1. The van der Waals surface area contributed by atoms with Gasteiger partial charge in [-0.15, -0.1) is 0 Å². The molecule has 0 aliphatic heterocycles. The lowest BCUT2D eigenvalue weighted by molar-refractivity contribution is 0.546. The van der Waals surface area contributed by atoms with Gasteiger partial charge in [-0.25, -0.2) is 19.3 Å². The smallest absolute Gasteiger partial charge is 0.262 e. The zero-order chi connectivity index (χ0) is 15.0. The van der Waals surface area contributed by atoms with Crippen molar-refractivity contribution in [3.05, 3.63) is 34.5 Å². The highest BCUT2D eigenvalue weighted by Gasteiger charge is 2.11. The SMILES string of the molecule is CC(C)n1ncc2c(=O)[nH]c(/C=C/c3ncnn3C)nc21. The van der Waals surface area contributed by atoms with E-state index in [0.717, 1.165) is 0 Å². The first-order valence-corrected chi connectivity index (χ1v) is 6.56. The Morgan fingerprint density at radius 3 is 2.76 bits per heavy atom. The molecule has 3 aromatic heterocycles. The summed E-state index contributed by atoms with van der Waals surface area (Å²) in [5.41, 5.74) is 0.371. The highest BCUT2D eigenvalue weighted by atomic mass is 16.1. The Bertz CT molecular complexity index is 868. The second-order valence-electron chi connectivity index (χ2n) is 4.95. The molecule has 0 radical (unpaired) electrons. The molecule has 0 spiro atoms. The van der Waals surface area contributed by atoms with Crippen LogP contribution in [0.25, 0.3) is 23.2 Å². The van der Waals surface area contributed by atoms with Crippen molar-refractivity contribution in [2.45, 2.75) is 19.9 Å². The molecule has 0 bridgehead atoms. The Hall–Kier alpha value is -2.77. The Balaban J connectivity index is 2.07. The number of nitrogens with one attached hydrogen (secondary N) is 1. The van der Waals surface area contributed by atoms with E-state index in [1.54, 1.807) is 28.6 Å². The zero-order valence-corrected chi connectivity index (χ0v) is 12.0. The lowest BCUT2D eigenvalue weighted by Gasteiger charge is -2.05. The molecule has 3 aromatic rings. The topological polar surface area (TPSA) is 94.3 Å². The molecule has 0 aliphatic carbocycles. The van der Waals surface area contributed by atoms with E-state index in [1.807, 2.05) is 13.8 Å². The number of aryl methyl sites for hydroxylation is 1. The van der Waals surface area contributed by atoms with Gasteiger partial charge in [0.1, 0.15) is 17.5 Å². The average molecular weight is 285 g/mol. The van der Waals surface area contributed by atoms with Gasteiger partial charge in [-0.1, -0.05) is 0 Å². The van der Waals surface area contributed by atoms with Gasteiger partial charge in [-0.3, -0.25) is 4.79 Å². The third-order valence-corrected chi connectivity index (χ3v) is 3.11. The number of fused-ring (bicyclic) bond motifs is 1. The van der Waals surface area contributed by atoms with Crippen LogP contribution in [-0.2, 0) is 7.05 Å². The van der Waals surface area contributed by atoms with Crippen molar-refractivity contribution in [2.75, 3.05) is 0 Å². The van der Waals surface area contributed by atoms with Crippen molar-refractivity contribution >= 4 is 23.2 Å². The van der Waals surface area contributed by atoms with Crippen LogP contribution in [0.5, 0.6) is 0 Å². The number of hydrogen-bond donors (Lipinski definition) is 1. The van der Waals surface area contributed by atoms with E-state index in [2.05, 4.69) is 25.1 Å². The highest BCUT2D eigenvalue weighted by molar-refractivity contribution is 5.75. The standard InChI is InChI=1S/C13H15N7O/c1-8(2)20-12-9(6-15-20)13(21)18-10(17-12)4-5-11-14-7-16-19(11)3/h4-8H,1-3H3,(H,17,18,21)/b5-4+. The van der Waals surface area contributed by atoms with E-state index >= 15 is 0 Å². The quantitative estimate of drug-likeness (QED) is 0.774. The molecule has 0 amide bonds. The van der Waals surface area contributed by atoms with Gasteiger partial charge in [0.05, 0.1) is 6.20 Å². The number of nitrogens with zero attached hydrogens (tertiary/aromatic N) is 6. The van der Waals surface area contributed by atoms with E-state index in [9.17, 15) is 4.79 Å². The summed E-state index contributed by atoms with van der Waals surface area (Å²) in [4.78, 5) is 23.3. The summed E-state index contributed by atoms with van der Waals surface area (Å²) in [6, 6.07) is 0.132. The maximum Gasteiger partial charge on any atom is 0.262 e. The normalized spacial score (nSPS) is 12.0. The third-order valence-electron chi connectivity index (χ3n) is 3.11. The molecule has 0 saturated heterocycles. The van der Waals surface area contributed by atoms with Crippen molar-refractivity contribution in [1.29, 1.82) is 0 Å². The van der Waals surface area contributed by atoms with Gasteiger partial charge < -0.3 is 4.98 Å². The van der Waals surface area contributed by atoms with Crippen LogP contribution in [0.4, 0.5) is 0 Å². The number of H-pyrrole nitrogens is 1. The van der Waals surface area contributed by atoms with Crippen molar-refractivity contribution in [3.63, 3.8) is 0 Å². The molecular formula is C13H15N7O. The molecule has 3 heterocycles. The minimum atomic E-state index is -0.204. The van der Waals surface area contributed by atoms with Crippen molar-refractivity contribution in [2.24, 2.45) is 7.05 Å². The Labute approximate surface area is 120 Å². The first-order chi connectivity index (χ1) is 10.1. The minimum Gasteiger partial charge on any atom is -0.306 e. The Kier molecular flexibility index (Phi) is 3.13. The first kappa shape index (κ1) is 13.2. The second kappa shape index (κ2) is 4.97. The number of aromatic nitrogens is 7. The molecule has 0 unspecified atom stereocenters. The summed E-state index contributed by atoms with van der Waals surface area (Å²) in [5, 5.41) is 8.66. The molecule has 0 atom stereocenters.